The summed E-state index contributed by atoms with van der Waals surface area (Å²) in [6.45, 7) is -4.50. The van der Waals surface area contributed by atoms with Gasteiger partial charge < -0.3 is 22.4 Å². The minimum Gasteiger partial charge on any atom is -0.490 e. The molecule has 0 aliphatic carbocycles. The summed E-state index contributed by atoms with van der Waals surface area (Å²) in [6, 6.07) is 0.933. The third-order valence-corrected chi connectivity index (χ3v) is 1.67. The Balaban J connectivity index is 0.00000225. The van der Waals surface area contributed by atoms with E-state index in [2.05, 4.69) is 4.98 Å². The molecule has 8 heteroatoms. The zero-order valence-corrected chi connectivity index (χ0v) is 12.2. The number of halogens is 3. The van der Waals surface area contributed by atoms with Gasteiger partial charge in [-0.3, -0.25) is 4.98 Å². The Hall–Kier alpha value is 0.401. The Morgan fingerprint density at radius 3 is 2.50 bits per heavy atom. The quantitative estimate of drug-likeness (QED) is 0.460. The van der Waals surface area contributed by atoms with Crippen LogP contribution in [0.15, 0.2) is 18.5 Å². The van der Waals surface area contributed by atoms with Gasteiger partial charge in [0.25, 0.3) is 0 Å². The van der Waals surface area contributed by atoms with E-state index in [-0.39, 0.29) is 63.7 Å². The average molecular weight is 259 g/mol. The van der Waals surface area contributed by atoms with Crippen LogP contribution < -0.4 is 61.6 Å². The van der Waals surface area contributed by atoms with Crippen molar-refractivity contribution in [2.75, 3.05) is 20.3 Å². The van der Waals surface area contributed by atoms with E-state index < -0.39 is 12.4 Å². The van der Waals surface area contributed by atoms with Crippen molar-refractivity contribution in [3.05, 3.63) is 18.5 Å². The van der Waals surface area contributed by atoms with Gasteiger partial charge in [-0.25, -0.2) is 0 Å². The molecule has 3 nitrogen and oxygen atoms in total. The Kier molecular flexibility index (Phi) is 7.87. The van der Waals surface area contributed by atoms with Crippen LogP contribution in [-0.2, 0) is 4.74 Å². The largest absolute Gasteiger partial charge is 1.00 e. The molecule has 0 amide bonds. The molecule has 84 valence electrons. The van der Waals surface area contributed by atoms with Gasteiger partial charge in [-0.05, 0) is 6.07 Å². The molecule has 0 aliphatic rings. The van der Waals surface area contributed by atoms with Gasteiger partial charge >= 0.3 is 58.4 Å². The van der Waals surface area contributed by atoms with E-state index in [1.54, 1.807) is 0 Å². The van der Waals surface area contributed by atoms with Crippen molar-refractivity contribution in [3.8, 4) is 5.75 Å². The Bertz CT molecular complexity index is 324. The van der Waals surface area contributed by atoms with Gasteiger partial charge in [0.15, 0.2) is 0 Å². The van der Waals surface area contributed by atoms with Crippen LogP contribution in [0.1, 0.15) is 0 Å². The van der Waals surface area contributed by atoms with Crippen molar-refractivity contribution in [2.24, 2.45) is 0 Å². The second-order valence-corrected chi connectivity index (χ2v) is 2.87. The third kappa shape index (κ3) is 5.65. The normalized spacial score (nSPS) is 10.8. The fourth-order valence-electron chi connectivity index (χ4n) is 0.936. The van der Waals surface area contributed by atoms with E-state index in [0.29, 0.717) is 6.61 Å². The Labute approximate surface area is 134 Å². The van der Waals surface area contributed by atoms with E-state index >= 15 is 0 Å². The summed E-state index contributed by atoms with van der Waals surface area (Å²) in [5, 5.41) is 0. The summed E-state index contributed by atoms with van der Waals surface area (Å²) < 4.78 is 46.6. The van der Waals surface area contributed by atoms with Crippen molar-refractivity contribution >= 4 is 12.4 Å². The number of hydrogen-bond acceptors (Lipinski definition) is 3. The minimum atomic E-state index is -5.02. The first-order valence-electron chi connectivity index (χ1n) is 4.30. The molecule has 1 rings (SSSR count). The van der Waals surface area contributed by atoms with Gasteiger partial charge in [0, 0.05) is 13.3 Å². The number of methoxy groups -OCH3 is 1. The molecule has 0 fully saturated rings. The monoisotopic (exact) mass is 259 g/mol. The van der Waals surface area contributed by atoms with Gasteiger partial charge in [-0.2, -0.15) is 0 Å². The van der Waals surface area contributed by atoms with Gasteiger partial charge in [-0.1, -0.05) is 5.46 Å². The predicted molar refractivity (Wildman–Crippen MR) is 50.3 cm³/mol. The smallest absolute Gasteiger partial charge is 0.490 e. The van der Waals surface area contributed by atoms with Crippen LogP contribution >= 0.6 is 0 Å². The second-order valence-electron chi connectivity index (χ2n) is 2.87. The molecule has 0 spiro atoms. The predicted octanol–water partition coefficient (Wildman–Crippen LogP) is -1.83. The van der Waals surface area contributed by atoms with Crippen molar-refractivity contribution in [2.45, 2.75) is 0 Å². The van der Waals surface area contributed by atoms with Gasteiger partial charge in [-0.15, -0.1) is 0 Å². The molecular weight excluding hydrogens is 249 g/mol. The first kappa shape index (κ1) is 16.4. The molecular formula is C8H10BF3KNO2. The molecule has 0 saturated heterocycles. The maximum absolute atomic E-state index is 12.3. The molecule has 0 radical (unpaired) electrons. The Morgan fingerprint density at radius 2 is 1.94 bits per heavy atom. The molecule has 16 heavy (non-hydrogen) atoms. The van der Waals surface area contributed by atoms with Gasteiger partial charge in [0.1, 0.15) is 12.4 Å². The standard InChI is InChI=1S/C8H10BF3NO2.K/c1-14-2-3-15-8-4-7(5-13-6-8)9(10,11)12;/h4-6H,2-3H2,1H3;/q-1;+1. The molecule has 1 aromatic rings. The van der Waals surface area contributed by atoms with E-state index in [0.717, 1.165) is 12.3 Å². The summed E-state index contributed by atoms with van der Waals surface area (Å²) in [6.07, 6.45) is 2.02. The third-order valence-electron chi connectivity index (χ3n) is 1.67. The van der Waals surface area contributed by atoms with Crippen molar-refractivity contribution in [3.63, 3.8) is 0 Å². The fourth-order valence-corrected chi connectivity index (χ4v) is 0.936. The first-order valence-corrected chi connectivity index (χ1v) is 4.30. The molecule has 0 N–H and O–H groups in total. The average Bonchev–Trinajstić information content (AvgIpc) is 2.17. The minimum absolute atomic E-state index is 0. The molecule has 0 aliphatic heterocycles. The molecule has 0 unspecified atom stereocenters. The SMILES string of the molecule is COCCOc1cncc([B-](F)(F)F)c1.[K+]. The van der Waals surface area contributed by atoms with Crippen molar-refractivity contribution in [1.82, 2.24) is 4.98 Å². The maximum atomic E-state index is 12.3. The van der Waals surface area contributed by atoms with Crippen LogP contribution in [0.3, 0.4) is 0 Å². The van der Waals surface area contributed by atoms with Crippen LogP contribution in [0, 0.1) is 0 Å². The summed E-state index contributed by atoms with van der Waals surface area (Å²) in [7, 11) is 1.48. The summed E-state index contributed by atoms with van der Waals surface area (Å²) in [5.41, 5.74) is -0.759. The van der Waals surface area contributed by atoms with Crippen LogP contribution in [0.25, 0.3) is 0 Å². The zero-order chi connectivity index (χ0) is 11.3. The number of pyridine rings is 1. The van der Waals surface area contributed by atoms with E-state index in [9.17, 15) is 12.9 Å². The number of aromatic nitrogens is 1. The molecule has 0 saturated carbocycles. The number of nitrogens with zero attached hydrogens (tertiary/aromatic N) is 1. The van der Waals surface area contributed by atoms with Crippen LogP contribution in [0.4, 0.5) is 12.9 Å². The molecule has 0 atom stereocenters. The fraction of sp³-hybridized carbons (Fsp3) is 0.375. The maximum Gasteiger partial charge on any atom is 1.00 e. The topological polar surface area (TPSA) is 31.4 Å². The van der Waals surface area contributed by atoms with Crippen LogP contribution in [0.2, 0.25) is 0 Å². The number of rotatable bonds is 5. The van der Waals surface area contributed by atoms with E-state index in [1.807, 2.05) is 0 Å². The van der Waals surface area contributed by atoms with Crippen molar-refractivity contribution < 1.29 is 73.8 Å². The molecule has 0 aromatic carbocycles. The second kappa shape index (κ2) is 7.67. The number of hydrogen-bond donors (Lipinski definition) is 0. The molecule has 1 heterocycles. The Morgan fingerprint density at radius 1 is 1.25 bits per heavy atom. The van der Waals surface area contributed by atoms with Crippen LogP contribution in [-0.4, -0.2) is 32.3 Å². The van der Waals surface area contributed by atoms with Crippen LogP contribution in [0.5, 0.6) is 5.75 Å². The molecule has 0 bridgehead atoms. The van der Waals surface area contributed by atoms with E-state index in [1.165, 1.54) is 13.3 Å². The summed E-state index contributed by atoms with van der Waals surface area (Å²) >= 11 is 0. The van der Waals surface area contributed by atoms with Gasteiger partial charge in [0.05, 0.1) is 12.8 Å². The molecule has 1 aromatic heterocycles. The van der Waals surface area contributed by atoms with Crippen molar-refractivity contribution in [1.29, 1.82) is 0 Å². The van der Waals surface area contributed by atoms with Gasteiger partial charge in [0.2, 0.25) is 0 Å². The van der Waals surface area contributed by atoms with E-state index in [4.69, 9.17) is 9.47 Å². The first-order chi connectivity index (χ1) is 7.04. The summed E-state index contributed by atoms with van der Waals surface area (Å²) in [5.74, 6) is 0.101. The zero-order valence-electron chi connectivity index (χ0n) is 9.12. The number of ether oxygens (including phenoxy) is 2. The summed E-state index contributed by atoms with van der Waals surface area (Å²) in [4.78, 5) is 3.46.